The summed E-state index contributed by atoms with van der Waals surface area (Å²) in [5, 5.41) is 4.84. The zero-order chi connectivity index (χ0) is 15.5. The van der Waals surface area contributed by atoms with Crippen LogP contribution in [-0.4, -0.2) is 16.4 Å². The van der Waals surface area contributed by atoms with Gasteiger partial charge in [-0.1, -0.05) is 17.5 Å². The number of halogens is 2. The van der Waals surface area contributed by atoms with Gasteiger partial charge in [0.25, 0.3) is 0 Å². The first-order chi connectivity index (χ1) is 10.7. The van der Waals surface area contributed by atoms with Crippen molar-refractivity contribution in [1.29, 1.82) is 0 Å². The van der Waals surface area contributed by atoms with E-state index < -0.39 is 5.82 Å². The van der Waals surface area contributed by atoms with Crippen molar-refractivity contribution in [2.75, 3.05) is 6.61 Å². The van der Waals surface area contributed by atoms with Crippen molar-refractivity contribution >= 4 is 11.6 Å². The zero-order valence-electron chi connectivity index (χ0n) is 12.1. The van der Waals surface area contributed by atoms with Crippen LogP contribution in [0, 0.1) is 18.2 Å². The topological polar surface area (TPSA) is 27.1 Å². The van der Waals surface area contributed by atoms with Crippen molar-refractivity contribution < 1.29 is 9.13 Å². The van der Waals surface area contributed by atoms with Crippen molar-refractivity contribution in [3.8, 4) is 18.0 Å². The van der Waals surface area contributed by atoms with Gasteiger partial charge in [0.2, 0.25) is 0 Å². The maximum atomic E-state index is 14.3. The number of hydrogen-bond donors (Lipinski definition) is 0. The van der Waals surface area contributed by atoms with Gasteiger partial charge in [0.15, 0.2) is 0 Å². The van der Waals surface area contributed by atoms with Crippen LogP contribution in [0.3, 0.4) is 0 Å². The highest BCUT2D eigenvalue weighted by molar-refractivity contribution is 6.31. The second-order valence-corrected chi connectivity index (χ2v) is 5.75. The summed E-state index contributed by atoms with van der Waals surface area (Å²) < 4.78 is 21.1. The van der Waals surface area contributed by atoms with Crippen molar-refractivity contribution in [3.63, 3.8) is 0 Å². The first-order valence-electron chi connectivity index (χ1n) is 7.26. The maximum Gasteiger partial charge on any atom is 0.150 e. The number of rotatable bonds is 4. The summed E-state index contributed by atoms with van der Waals surface area (Å²) >= 11 is 6.07. The molecule has 0 amide bonds. The molecule has 0 aliphatic heterocycles. The van der Waals surface area contributed by atoms with E-state index in [4.69, 9.17) is 22.8 Å². The third-order valence-electron chi connectivity index (χ3n) is 3.79. The molecule has 1 aliphatic carbocycles. The third-order valence-corrected chi connectivity index (χ3v) is 4.14. The fourth-order valence-electron chi connectivity index (χ4n) is 2.68. The molecule has 0 radical (unpaired) electrons. The molecule has 0 saturated carbocycles. The molecule has 114 valence electrons. The summed E-state index contributed by atoms with van der Waals surface area (Å²) in [6.07, 6.45) is 11.3. The monoisotopic (exact) mass is 318 g/mol. The Bertz CT molecular complexity index is 709. The summed E-state index contributed by atoms with van der Waals surface area (Å²) in [7, 11) is 0. The fourth-order valence-corrected chi connectivity index (χ4v) is 2.89. The lowest BCUT2D eigenvalue weighted by Crippen LogP contribution is -2.03. The molecule has 2 aromatic rings. The lowest BCUT2D eigenvalue weighted by atomic mass is 9.99. The Morgan fingerprint density at radius 1 is 1.36 bits per heavy atom. The third kappa shape index (κ3) is 3.01. The minimum Gasteiger partial charge on any atom is -0.364 e. The van der Waals surface area contributed by atoms with Gasteiger partial charge in [-0.05, 0) is 48.9 Å². The highest BCUT2D eigenvalue weighted by atomic mass is 35.5. The highest BCUT2D eigenvalue weighted by Gasteiger charge is 2.17. The number of aryl methyl sites for hydroxylation is 2. The number of hydrogen-bond acceptors (Lipinski definition) is 2. The normalized spacial score (nSPS) is 13.7. The summed E-state index contributed by atoms with van der Waals surface area (Å²) in [4.78, 5) is 0. The molecule has 3 nitrogen and oxygen atoms in total. The van der Waals surface area contributed by atoms with Crippen LogP contribution in [0.2, 0.25) is 5.02 Å². The molecule has 0 unspecified atom stereocenters. The molecule has 0 fully saturated rings. The molecule has 1 aliphatic rings. The van der Waals surface area contributed by atoms with E-state index in [0.717, 1.165) is 31.4 Å². The van der Waals surface area contributed by atoms with E-state index >= 15 is 0 Å². The van der Waals surface area contributed by atoms with Gasteiger partial charge >= 0.3 is 0 Å². The number of aromatic nitrogens is 2. The van der Waals surface area contributed by atoms with Crippen LogP contribution >= 0.6 is 11.6 Å². The lowest BCUT2D eigenvalue weighted by molar-refractivity contribution is 0.153. The molecule has 5 heteroatoms. The molecule has 0 spiro atoms. The number of benzene rings is 1. The molecule has 0 bridgehead atoms. The molecule has 22 heavy (non-hydrogen) atoms. The largest absolute Gasteiger partial charge is 0.364 e. The lowest BCUT2D eigenvalue weighted by Gasteiger charge is -2.09. The summed E-state index contributed by atoms with van der Waals surface area (Å²) in [6.45, 7) is 0.441. The van der Waals surface area contributed by atoms with Gasteiger partial charge < -0.3 is 4.74 Å². The van der Waals surface area contributed by atoms with E-state index in [2.05, 4.69) is 11.0 Å². The van der Waals surface area contributed by atoms with E-state index in [0.29, 0.717) is 16.3 Å². The molecular weight excluding hydrogens is 303 g/mol. The molecule has 0 atom stereocenters. The Balaban J connectivity index is 1.94. The quantitative estimate of drug-likeness (QED) is 0.635. The van der Waals surface area contributed by atoms with Crippen molar-refractivity contribution in [2.45, 2.75) is 32.3 Å². The average molecular weight is 319 g/mol. The van der Waals surface area contributed by atoms with Crippen LogP contribution in [0.5, 0.6) is 0 Å². The first kappa shape index (κ1) is 15.1. The minimum atomic E-state index is -0.398. The Hall–Kier alpha value is -1.83. The van der Waals surface area contributed by atoms with Crippen LogP contribution in [-0.2, 0) is 24.2 Å². The Kier molecular flexibility index (Phi) is 4.47. The SMILES string of the molecule is C#CCOCc1cc(-n2cc3c(n2)CCCC3)c(F)cc1Cl. The summed E-state index contributed by atoms with van der Waals surface area (Å²) in [5.74, 6) is 1.99. The van der Waals surface area contributed by atoms with E-state index in [1.807, 2.05) is 6.20 Å². The molecule has 1 aromatic heterocycles. The van der Waals surface area contributed by atoms with E-state index in [1.165, 1.54) is 11.6 Å². The van der Waals surface area contributed by atoms with E-state index in [-0.39, 0.29) is 13.2 Å². The smallest absolute Gasteiger partial charge is 0.150 e. The van der Waals surface area contributed by atoms with Gasteiger partial charge in [-0.15, -0.1) is 6.42 Å². The maximum absolute atomic E-state index is 14.3. The van der Waals surface area contributed by atoms with Gasteiger partial charge in [-0.2, -0.15) is 5.10 Å². The number of nitrogens with zero attached hydrogens (tertiary/aromatic N) is 2. The molecular formula is C17H16ClFN2O. The zero-order valence-corrected chi connectivity index (χ0v) is 12.9. The van der Waals surface area contributed by atoms with Crippen LogP contribution in [0.4, 0.5) is 4.39 Å². The van der Waals surface area contributed by atoms with Crippen molar-refractivity contribution in [3.05, 3.63) is 46.0 Å². The van der Waals surface area contributed by atoms with Gasteiger partial charge in [0, 0.05) is 11.2 Å². The Labute approximate surface area is 134 Å². The standard InChI is InChI=1S/C17H16ClFN2O/c1-2-7-22-11-13-8-17(15(19)9-14(13)18)21-10-12-5-3-4-6-16(12)20-21/h1,8-10H,3-7,11H2. The van der Waals surface area contributed by atoms with E-state index in [9.17, 15) is 4.39 Å². The first-order valence-corrected chi connectivity index (χ1v) is 7.63. The van der Waals surface area contributed by atoms with Gasteiger partial charge in [-0.25, -0.2) is 9.07 Å². The molecule has 1 aromatic carbocycles. The van der Waals surface area contributed by atoms with Gasteiger partial charge in [0.05, 0.1) is 12.3 Å². The summed E-state index contributed by atoms with van der Waals surface area (Å²) in [6, 6.07) is 2.97. The molecule has 1 heterocycles. The second-order valence-electron chi connectivity index (χ2n) is 5.34. The summed E-state index contributed by atoms with van der Waals surface area (Å²) in [5.41, 5.74) is 3.34. The van der Waals surface area contributed by atoms with E-state index in [1.54, 1.807) is 10.7 Å². The van der Waals surface area contributed by atoms with Crippen molar-refractivity contribution in [1.82, 2.24) is 9.78 Å². The predicted octanol–water partition coefficient (Wildman–Crippen LogP) is 3.69. The van der Waals surface area contributed by atoms with Gasteiger partial charge in [0.1, 0.15) is 18.1 Å². The van der Waals surface area contributed by atoms with Crippen molar-refractivity contribution in [2.24, 2.45) is 0 Å². The number of fused-ring (bicyclic) bond motifs is 1. The number of ether oxygens (including phenoxy) is 1. The molecule has 3 rings (SSSR count). The Morgan fingerprint density at radius 3 is 2.95 bits per heavy atom. The molecule has 0 saturated heterocycles. The van der Waals surface area contributed by atoms with Crippen LogP contribution in [0.1, 0.15) is 29.7 Å². The minimum absolute atomic E-state index is 0.194. The van der Waals surface area contributed by atoms with Crippen LogP contribution < -0.4 is 0 Å². The molecule has 0 N–H and O–H groups in total. The number of terminal acetylenes is 1. The van der Waals surface area contributed by atoms with Gasteiger partial charge in [-0.3, -0.25) is 0 Å². The second kappa shape index (κ2) is 6.51. The average Bonchev–Trinajstić information content (AvgIpc) is 2.93. The van der Waals surface area contributed by atoms with Crippen LogP contribution in [0.25, 0.3) is 5.69 Å². The Morgan fingerprint density at radius 2 is 2.18 bits per heavy atom. The fraction of sp³-hybridized carbons (Fsp3) is 0.353. The predicted molar refractivity (Wildman–Crippen MR) is 83.7 cm³/mol. The highest BCUT2D eigenvalue weighted by Crippen LogP contribution is 2.26. The van der Waals surface area contributed by atoms with Crippen LogP contribution in [0.15, 0.2) is 18.3 Å².